The normalized spacial score (nSPS) is 15.6. The molecule has 0 radical (unpaired) electrons. The second-order valence-corrected chi connectivity index (χ2v) is 7.99. The van der Waals surface area contributed by atoms with Gasteiger partial charge < -0.3 is 10.2 Å². The lowest BCUT2D eigenvalue weighted by Gasteiger charge is -2.40. The second kappa shape index (κ2) is 9.14. The minimum atomic E-state index is -0.0242. The van der Waals surface area contributed by atoms with Gasteiger partial charge in [-0.1, -0.05) is 72.3 Å². The number of rotatable bonds is 4. The van der Waals surface area contributed by atoms with Crippen molar-refractivity contribution in [3.8, 4) is 0 Å². The van der Waals surface area contributed by atoms with Gasteiger partial charge in [0, 0.05) is 31.9 Å². The summed E-state index contributed by atoms with van der Waals surface area (Å²) in [5.74, 6) is 0. The Morgan fingerprint density at radius 3 is 2.13 bits per heavy atom. The summed E-state index contributed by atoms with van der Waals surface area (Å²) in [5.41, 5.74) is 6.07. The summed E-state index contributed by atoms with van der Waals surface area (Å²) in [6.07, 6.45) is 0. The molecule has 3 aromatic rings. The van der Waals surface area contributed by atoms with Crippen molar-refractivity contribution in [3.05, 3.63) is 101 Å². The molecule has 30 heavy (non-hydrogen) atoms. The van der Waals surface area contributed by atoms with Gasteiger partial charge in [0.05, 0.1) is 6.04 Å². The molecule has 1 atom stereocenters. The van der Waals surface area contributed by atoms with E-state index in [1.54, 1.807) is 0 Å². The van der Waals surface area contributed by atoms with E-state index in [4.69, 9.17) is 0 Å². The molecule has 0 spiro atoms. The van der Waals surface area contributed by atoms with E-state index in [0.29, 0.717) is 13.1 Å². The van der Waals surface area contributed by atoms with Crippen LogP contribution in [-0.4, -0.2) is 42.0 Å². The van der Waals surface area contributed by atoms with Crippen LogP contribution in [0.3, 0.4) is 0 Å². The largest absolute Gasteiger partial charge is 0.322 e. The SMILES string of the molecule is Cc1ccc(C)c([C@@H](c2ccccc2)N2CCN(C(=O)Nc3ccccc3)CC2)c1. The molecule has 1 aliphatic rings. The summed E-state index contributed by atoms with van der Waals surface area (Å²) in [4.78, 5) is 17.1. The fraction of sp³-hybridized carbons (Fsp3) is 0.269. The molecule has 1 aliphatic heterocycles. The topological polar surface area (TPSA) is 35.6 Å². The van der Waals surface area contributed by atoms with Gasteiger partial charge in [0.15, 0.2) is 0 Å². The van der Waals surface area contributed by atoms with Gasteiger partial charge in [0.1, 0.15) is 0 Å². The Labute approximate surface area is 179 Å². The zero-order valence-corrected chi connectivity index (χ0v) is 17.7. The number of anilines is 1. The fourth-order valence-electron chi connectivity index (χ4n) is 4.18. The summed E-state index contributed by atoms with van der Waals surface area (Å²) < 4.78 is 0. The highest BCUT2D eigenvalue weighted by atomic mass is 16.2. The van der Waals surface area contributed by atoms with Crippen LogP contribution in [0.4, 0.5) is 10.5 Å². The van der Waals surface area contributed by atoms with E-state index in [2.05, 4.69) is 72.6 Å². The van der Waals surface area contributed by atoms with E-state index in [-0.39, 0.29) is 12.1 Å². The molecule has 3 aromatic carbocycles. The highest BCUT2D eigenvalue weighted by Gasteiger charge is 2.29. The number of nitrogens with zero attached hydrogens (tertiary/aromatic N) is 2. The molecule has 0 aliphatic carbocycles. The first-order valence-corrected chi connectivity index (χ1v) is 10.6. The van der Waals surface area contributed by atoms with Gasteiger partial charge in [0.25, 0.3) is 0 Å². The second-order valence-electron chi connectivity index (χ2n) is 7.99. The number of urea groups is 1. The van der Waals surface area contributed by atoms with Crippen LogP contribution in [0.15, 0.2) is 78.9 Å². The summed E-state index contributed by atoms with van der Waals surface area (Å²) in [6, 6.07) is 27.2. The van der Waals surface area contributed by atoms with Crippen molar-refractivity contribution in [1.82, 2.24) is 9.80 Å². The summed E-state index contributed by atoms with van der Waals surface area (Å²) in [6.45, 7) is 7.45. The van der Waals surface area contributed by atoms with E-state index in [1.807, 2.05) is 35.2 Å². The molecule has 0 aromatic heterocycles. The highest BCUT2D eigenvalue weighted by molar-refractivity contribution is 5.89. The predicted octanol–water partition coefficient (Wildman–Crippen LogP) is 5.24. The number of amides is 2. The van der Waals surface area contributed by atoms with Crippen LogP contribution >= 0.6 is 0 Å². The quantitative estimate of drug-likeness (QED) is 0.651. The van der Waals surface area contributed by atoms with Crippen LogP contribution < -0.4 is 5.32 Å². The molecule has 2 amide bonds. The van der Waals surface area contributed by atoms with Crippen molar-refractivity contribution < 1.29 is 4.79 Å². The van der Waals surface area contributed by atoms with Crippen molar-refractivity contribution in [2.24, 2.45) is 0 Å². The maximum atomic E-state index is 12.7. The first kappa shape index (κ1) is 20.2. The minimum absolute atomic E-state index is 0.0242. The van der Waals surface area contributed by atoms with Gasteiger partial charge in [-0.3, -0.25) is 4.90 Å². The molecule has 4 heteroatoms. The third-order valence-electron chi connectivity index (χ3n) is 5.84. The molecular formula is C26H29N3O. The maximum absolute atomic E-state index is 12.7. The Morgan fingerprint density at radius 2 is 1.47 bits per heavy atom. The fourth-order valence-corrected chi connectivity index (χ4v) is 4.18. The van der Waals surface area contributed by atoms with Gasteiger partial charge >= 0.3 is 6.03 Å². The van der Waals surface area contributed by atoms with Crippen molar-refractivity contribution in [2.45, 2.75) is 19.9 Å². The van der Waals surface area contributed by atoms with E-state index in [1.165, 1.54) is 22.3 Å². The molecule has 0 saturated carbocycles. The van der Waals surface area contributed by atoms with Gasteiger partial charge in [-0.05, 0) is 42.7 Å². The van der Waals surface area contributed by atoms with Crippen molar-refractivity contribution >= 4 is 11.7 Å². The lowest BCUT2D eigenvalue weighted by Crippen LogP contribution is -2.51. The molecular weight excluding hydrogens is 370 g/mol. The van der Waals surface area contributed by atoms with Crippen LogP contribution in [0.5, 0.6) is 0 Å². The maximum Gasteiger partial charge on any atom is 0.321 e. The van der Waals surface area contributed by atoms with Crippen molar-refractivity contribution in [2.75, 3.05) is 31.5 Å². The Balaban J connectivity index is 1.51. The predicted molar refractivity (Wildman–Crippen MR) is 123 cm³/mol. The Bertz CT molecular complexity index is 980. The van der Waals surface area contributed by atoms with Crippen molar-refractivity contribution in [3.63, 3.8) is 0 Å². The highest BCUT2D eigenvalue weighted by Crippen LogP contribution is 2.32. The molecule has 4 nitrogen and oxygen atoms in total. The number of hydrogen-bond donors (Lipinski definition) is 1. The summed E-state index contributed by atoms with van der Waals surface area (Å²) in [7, 11) is 0. The van der Waals surface area contributed by atoms with Crippen LogP contribution in [-0.2, 0) is 0 Å². The molecule has 1 fully saturated rings. The molecule has 1 saturated heterocycles. The number of carbonyl (C=O) groups is 1. The van der Waals surface area contributed by atoms with Crippen LogP contribution in [0.25, 0.3) is 0 Å². The third-order valence-corrected chi connectivity index (χ3v) is 5.84. The van der Waals surface area contributed by atoms with Crippen LogP contribution in [0.1, 0.15) is 28.3 Å². The number of para-hydroxylation sites is 1. The number of hydrogen-bond acceptors (Lipinski definition) is 2. The van der Waals surface area contributed by atoms with Crippen molar-refractivity contribution in [1.29, 1.82) is 0 Å². The lowest BCUT2D eigenvalue weighted by atomic mass is 9.92. The van der Waals surface area contributed by atoms with Gasteiger partial charge in [0.2, 0.25) is 0 Å². The van der Waals surface area contributed by atoms with E-state index >= 15 is 0 Å². The zero-order chi connectivity index (χ0) is 20.9. The summed E-state index contributed by atoms with van der Waals surface area (Å²) >= 11 is 0. The zero-order valence-electron chi connectivity index (χ0n) is 17.7. The van der Waals surface area contributed by atoms with Gasteiger partial charge in [-0.25, -0.2) is 4.79 Å². The smallest absolute Gasteiger partial charge is 0.321 e. The average molecular weight is 400 g/mol. The lowest BCUT2D eigenvalue weighted by molar-refractivity contribution is 0.126. The number of benzene rings is 3. The molecule has 1 heterocycles. The monoisotopic (exact) mass is 399 g/mol. The Kier molecular flexibility index (Phi) is 6.15. The van der Waals surface area contributed by atoms with Gasteiger partial charge in [-0.2, -0.15) is 0 Å². The summed E-state index contributed by atoms with van der Waals surface area (Å²) in [5, 5.41) is 3.00. The Hall–Kier alpha value is -3.11. The number of nitrogens with one attached hydrogen (secondary N) is 1. The third kappa shape index (κ3) is 4.55. The van der Waals surface area contributed by atoms with Crippen LogP contribution in [0.2, 0.25) is 0 Å². The number of aryl methyl sites for hydroxylation is 2. The number of piperazine rings is 1. The van der Waals surface area contributed by atoms with Crippen LogP contribution in [0, 0.1) is 13.8 Å². The average Bonchev–Trinajstić information content (AvgIpc) is 2.78. The van der Waals surface area contributed by atoms with E-state index in [0.717, 1.165) is 18.8 Å². The molecule has 0 bridgehead atoms. The Morgan fingerprint density at radius 1 is 0.833 bits per heavy atom. The first-order chi connectivity index (χ1) is 14.6. The minimum Gasteiger partial charge on any atom is -0.322 e. The van der Waals surface area contributed by atoms with Gasteiger partial charge in [-0.15, -0.1) is 0 Å². The molecule has 154 valence electrons. The first-order valence-electron chi connectivity index (χ1n) is 10.6. The van der Waals surface area contributed by atoms with E-state index < -0.39 is 0 Å². The number of carbonyl (C=O) groups excluding carboxylic acids is 1. The standard InChI is InChI=1S/C26H29N3O/c1-20-13-14-21(2)24(19-20)25(22-9-5-3-6-10-22)28-15-17-29(18-16-28)26(30)27-23-11-7-4-8-12-23/h3-14,19,25H,15-18H2,1-2H3,(H,27,30)/t25-/m1/s1. The molecule has 1 N–H and O–H groups in total. The van der Waals surface area contributed by atoms with E-state index in [9.17, 15) is 4.79 Å². The molecule has 4 rings (SSSR count). The molecule has 0 unspecified atom stereocenters.